The summed E-state index contributed by atoms with van der Waals surface area (Å²) in [5.41, 5.74) is 3.02. The molecule has 0 radical (unpaired) electrons. The summed E-state index contributed by atoms with van der Waals surface area (Å²) in [6, 6.07) is 4.07. The third-order valence-corrected chi connectivity index (χ3v) is 2.93. The first kappa shape index (κ1) is 11.8. The van der Waals surface area contributed by atoms with E-state index in [1.54, 1.807) is 10.8 Å². The molecule has 1 aliphatic rings. The number of carbonyl (C=O) groups is 1. The molecule has 2 rings (SSSR count). The molecular weight excluding hydrogens is 214 g/mol. The highest BCUT2D eigenvalue weighted by Crippen LogP contribution is 2.42. The van der Waals surface area contributed by atoms with Crippen molar-refractivity contribution in [2.24, 2.45) is 0 Å². The molecule has 0 spiro atoms. The zero-order valence-corrected chi connectivity index (χ0v) is 11.0. The Morgan fingerprint density at radius 2 is 1.94 bits per heavy atom. The van der Waals surface area contributed by atoms with Crippen LogP contribution in [0.2, 0.25) is 0 Å². The minimum Gasteiger partial charge on any atom is -0.365 e. The van der Waals surface area contributed by atoms with Gasteiger partial charge in [0.1, 0.15) is 0 Å². The highest BCUT2D eigenvalue weighted by Gasteiger charge is 2.39. The number of carbonyl (C=O) groups excluding carboxylic acids is 1. The topological polar surface area (TPSA) is 29.3 Å². The normalized spacial score (nSPS) is 17.2. The van der Waals surface area contributed by atoms with Crippen LogP contribution >= 0.6 is 0 Å². The second-order valence-electron chi connectivity index (χ2n) is 5.41. The van der Waals surface area contributed by atoms with Gasteiger partial charge < -0.3 is 4.74 Å². The lowest BCUT2D eigenvalue weighted by Crippen LogP contribution is -2.14. The largest absolute Gasteiger partial charge is 0.608 e. The number of ether oxygens (including phenoxy) is 1. The van der Waals surface area contributed by atoms with E-state index < -0.39 is 0 Å². The van der Waals surface area contributed by atoms with Crippen molar-refractivity contribution in [3.63, 3.8) is 0 Å². The molecule has 1 heterocycles. The van der Waals surface area contributed by atoms with Gasteiger partial charge in [-0.2, -0.15) is 4.79 Å². The van der Waals surface area contributed by atoms with Crippen molar-refractivity contribution >= 4 is 18.0 Å². The second kappa shape index (κ2) is 3.69. The SMILES string of the molecule is C/C=[N+]1/C(=O)Oc2c1cc(C)cc2C(C)(C)C. The average molecular weight is 232 g/mol. The fraction of sp³-hybridized carbons (Fsp3) is 0.429. The zero-order chi connectivity index (χ0) is 12.8. The van der Waals surface area contributed by atoms with Crippen molar-refractivity contribution in [1.29, 1.82) is 0 Å². The second-order valence-corrected chi connectivity index (χ2v) is 5.41. The fourth-order valence-corrected chi connectivity index (χ4v) is 2.08. The Morgan fingerprint density at radius 1 is 1.29 bits per heavy atom. The number of rotatable bonds is 0. The standard InChI is InChI=1S/C14H18NO2/c1-6-15-11-8-9(2)7-10(14(3,4)5)12(11)17-13(15)16/h6-8H,1-5H3/q+1/b15-6+. The molecule has 0 N–H and O–H groups in total. The van der Waals surface area contributed by atoms with Crippen molar-refractivity contribution < 1.29 is 14.1 Å². The highest BCUT2D eigenvalue weighted by molar-refractivity contribution is 5.80. The first-order valence-corrected chi connectivity index (χ1v) is 5.80. The summed E-state index contributed by atoms with van der Waals surface area (Å²) >= 11 is 0. The molecule has 0 unspecified atom stereocenters. The Bertz CT molecular complexity index is 522. The molecule has 90 valence electrons. The van der Waals surface area contributed by atoms with Crippen LogP contribution in [0.5, 0.6) is 5.75 Å². The number of hydrogen-bond acceptors (Lipinski definition) is 2. The van der Waals surface area contributed by atoms with Crippen LogP contribution in [0.3, 0.4) is 0 Å². The van der Waals surface area contributed by atoms with E-state index in [2.05, 4.69) is 26.8 Å². The smallest absolute Gasteiger partial charge is 0.365 e. The Hall–Kier alpha value is -1.64. The number of nitrogens with zero attached hydrogens (tertiary/aromatic N) is 1. The molecule has 17 heavy (non-hydrogen) atoms. The summed E-state index contributed by atoms with van der Waals surface area (Å²) < 4.78 is 6.93. The van der Waals surface area contributed by atoms with Gasteiger partial charge in [0.25, 0.3) is 5.69 Å². The summed E-state index contributed by atoms with van der Waals surface area (Å²) in [5, 5.41) is 0. The molecule has 0 saturated carbocycles. The molecule has 3 heteroatoms. The number of hydrogen-bond donors (Lipinski definition) is 0. The maximum Gasteiger partial charge on any atom is 0.608 e. The fourth-order valence-electron chi connectivity index (χ4n) is 2.08. The average Bonchev–Trinajstić information content (AvgIpc) is 2.50. The highest BCUT2D eigenvalue weighted by atomic mass is 16.6. The predicted octanol–water partition coefficient (Wildman–Crippen LogP) is 3.54. The van der Waals surface area contributed by atoms with Crippen LogP contribution in [-0.2, 0) is 5.41 Å². The maximum absolute atomic E-state index is 11.7. The third-order valence-electron chi connectivity index (χ3n) is 2.93. The first-order chi connectivity index (χ1) is 7.84. The van der Waals surface area contributed by atoms with Crippen LogP contribution < -0.4 is 4.74 Å². The van der Waals surface area contributed by atoms with Gasteiger partial charge in [0.2, 0.25) is 5.75 Å². The Balaban J connectivity index is 2.73. The van der Waals surface area contributed by atoms with E-state index in [0.29, 0.717) is 5.75 Å². The van der Waals surface area contributed by atoms with E-state index in [-0.39, 0.29) is 11.5 Å². The van der Waals surface area contributed by atoms with Crippen LogP contribution in [-0.4, -0.2) is 16.9 Å². The Labute approximate surface area is 102 Å². The van der Waals surface area contributed by atoms with Gasteiger partial charge in [-0.25, -0.2) is 0 Å². The van der Waals surface area contributed by atoms with Gasteiger partial charge in [-0.1, -0.05) is 31.4 Å². The van der Waals surface area contributed by atoms with Crippen molar-refractivity contribution in [2.75, 3.05) is 0 Å². The van der Waals surface area contributed by atoms with Crippen molar-refractivity contribution in [3.8, 4) is 5.75 Å². The minimum atomic E-state index is -0.321. The quantitative estimate of drug-likeness (QED) is 0.640. The Morgan fingerprint density at radius 3 is 2.47 bits per heavy atom. The Kier molecular flexibility index (Phi) is 2.57. The monoisotopic (exact) mass is 232 g/mol. The van der Waals surface area contributed by atoms with E-state index in [9.17, 15) is 4.79 Å². The van der Waals surface area contributed by atoms with E-state index in [0.717, 1.165) is 16.8 Å². The number of amides is 1. The molecule has 0 atom stereocenters. The van der Waals surface area contributed by atoms with Crippen LogP contribution in [0.4, 0.5) is 10.5 Å². The molecule has 3 nitrogen and oxygen atoms in total. The lowest BCUT2D eigenvalue weighted by atomic mass is 9.85. The molecule has 0 saturated heterocycles. The first-order valence-electron chi connectivity index (χ1n) is 5.80. The number of aryl methyl sites for hydroxylation is 1. The van der Waals surface area contributed by atoms with Gasteiger partial charge in [0.05, 0.1) is 0 Å². The minimum absolute atomic E-state index is 0.0415. The van der Waals surface area contributed by atoms with Gasteiger partial charge in [0.15, 0.2) is 6.21 Å². The molecule has 1 aromatic carbocycles. The van der Waals surface area contributed by atoms with Crippen molar-refractivity contribution in [3.05, 3.63) is 23.3 Å². The van der Waals surface area contributed by atoms with Gasteiger partial charge in [-0.3, -0.25) is 0 Å². The van der Waals surface area contributed by atoms with Gasteiger partial charge in [0, 0.05) is 18.6 Å². The van der Waals surface area contributed by atoms with E-state index >= 15 is 0 Å². The molecule has 1 amide bonds. The number of benzene rings is 1. The van der Waals surface area contributed by atoms with E-state index in [4.69, 9.17) is 4.74 Å². The summed E-state index contributed by atoms with van der Waals surface area (Å²) in [4.78, 5) is 11.7. The lowest BCUT2D eigenvalue weighted by Gasteiger charge is -2.20. The molecule has 0 aliphatic carbocycles. The van der Waals surface area contributed by atoms with Crippen LogP contribution in [0.15, 0.2) is 12.1 Å². The summed E-state index contributed by atoms with van der Waals surface area (Å²) in [5.74, 6) is 0.700. The summed E-state index contributed by atoms with van der Waals surface area (Å²) in [7, 11) is 0. The number of fused-ring (bicyclic) bond motifs is 1. The summed E-state index contributed by atoms with van der Waals surface area (Å²) in [6.45, 7) is 10.2. The summed E-state index contributed by atoms with van der Waals surface area (Å²) in [6.07, 6.45) is 1.42. The van der Waals surface area contributed by atoms with Crippen molar-refractivity contribution in [2.45, 2.75) is 40.0 Å². The van der Waals surface area contributed by atoms with Crippen LogP contribution in [0.25, 0.3) is 0 Å². The third kappa shape index (κ3) is 1.86. The van der Waals surface area contributed by atoms with Crippen molar-refractivity contribution in [1.82, 2.24) is 0 Å². The van der Waals surface area contributed by atoms with Gasteiger partial charge in [-0.05, 0) is 17.9 Å². The molecule has 0 fully saturated rings. The molecular formula is C14H18NO2+. The molecule has 1 aliphatic heterocycles. The van der Waals surface area contributed by atoms with Gasteiger partial charge >= 0.3 is 6.09 Å². The zero-order valence-electron chi connectivity index (χ0n) is 11.0. The molecule has 0 bridgehead atoms. The van der Waals surface area contributed by atoms with Crippen LogP contribution in [0, 0.1) is 6.92 Å². The van der Waals surface area contributed by atoms with E-state index in [1.807, 2.05) is 19.9 Å². The predicted molar refractivity (Wildman–Crippen MR) is 67.6 cm³/mol. The maximum atomic E-state index is 11.7. The molecule has 0 aromatic heterocycles. The van der Waals surface area contributed by atoms with Gasteiger partial charge in [-0.15, -0.1) is 0 Å². The molecule has 1 aromatic rings. The lowest BCUT2D eigenvalue weighted by molar-refractivity contribution is -0.329. The van der Waals surface area contributed by atoms with E-state index in [1.165, 1.54) is 0 Å². The van der Waals surface area contributed by atoms with Crippen LogP contribution in [0.1, 0.15) is 38.8 Å².